The molecule has 108 valence electrons. The van der Waals surface area contributed by atoms with Crippen LogP contribution in [-0.2, 0) is 19.4 Å². The Hall–Kier alpha value is -1.82. The van der Waals surface area contributed by atoms with Gasteiger partial charge in [-0.05, 0) is 31.0 Å². The fraction of sp³-hybridized carbons (Fsp3) is 0.357. The predicted octanol–water partition coefficient (Wildman–Crippen LogP) is 2.08. The fourth-order valence-corrected chi connectivity index (χ4v) is 2.85. The van der Waals surface area contributed by atoms with Crippen molar-refractivity contribution in [2.24, 2.45) is 0 Å². The summed E-state index contributed by atoms with van der Waals surface area (Å²) in [6, 6.07) is 6.03. The molecule has 0 saturated carbocycles. The van der Waals surface area contributed by atoms with E-state index in [1.165, 1.54) is 12.1 Å². The van der Waals surface area contributed by atoms with Crippen LogP contribution >= 0.6 is 0 Å². The van der Waals surface area contributed by atoms with Crippen LogP contribution in [0.3, 0.4) is 0 Å². The molecule has 1 aromatic carbocycles. The van der Waals surface area contributed by atoms with E-state index in [9.17, 15) is 18.3 Å². The molecule has 1 N–H and O–H groups in total. The van der Waals surface area contributed by atoms with Crippen LogP contribution in [0.25, 0.3) is 5.57 Å². The van der Waals surface area contributed by atoms with Crippen molar-refractivity contribution in [2.75, 3.05) is 6.26 Å². The van der Waals surface area contributed by atoms with Crippen molar-refractivity contribution >= 4 is 21.4 Å². The molecule has 1 aromatic rings. The highest BCUT2D eigenvalue weighted by atomic mass is 32.2. The van der Waals surface area contributed by atoms with Crippen molar-refractivity contribution < 1.29 is 23.1 Å². The summed E-state index contributed by atoms with van der Waals surface area (Å²) in [5.74, 6) is -1.17. The molecule has 5 nitrogen and oxygen atoms in total. The van der Waals surface area contributed by atoms with Gasteiger partial charge >= 0.3 is 5.97 Å². The number of benzene rings is 1. The Morgan fingerprint density at radius 3 is 2.25 bits per heavy atom. The van der Waals surface area contributed by atoms with Gasteiger partial charge in [0, 0.05) is 6.26 Å². The number of cyclic esters (lactones) is 1. The minimum Gasteiger partial charge on any atom is -0.502 e. The maximum atomic E-state index is 11.5. The molecule has 1 aliphatic heterocycles. The average Bonchev–Trinajstić information content (AvgIpc) is 2.60. The Bertz CT molecular complexity index is 685. The molecule has 0 saturated heterocycles. The van der Waals surface area contributed by atoms with Crippen molar-refractivity contribution in [1.82, 2.24) is 0 Å². The predicted molar refractivity (Wildman–Crippen MR) is 73.9 cm³/mol. The van der Waals surface area contributed by atoms with E-state index in [0.29, 0.717) is 17.6 Å². The number of hydrogen-bond donors (Lipinski definition) is 1. The zero-order valence-electron chi connectivity index (χ0n) is 11.5. The molecule has 0 radical (unpaired) electrons. The van der Waals surface area contributed by atoms with Crippen LogP contribution in [0.2, 0.25) is 0 Å². The second-order valence-electron chi connectivity index (χ2n) is 4.99. The van der Waals surface area contributed by atoms with Crippen LogP contribution in [0.4, 0.5) is 0 Å². The highest BCUT2D eigenvalue weighted by Crippen LogP contribution is 2.41. The van der Waals surface area contributed by atoms with Crippen molar-refractivity contribution in [3.63, 3.8) is 0 Å². The van der Waals surface area contributed by atoms with Gasteiger partial charge in [0.1, 0.15) is 5.60 Å². The first-order valence-electron chi connectivity index (χ1n) is 6.16. The standard InChI is InChI=1S/C14H16O5S/c1-4-14(2)11(12(15)13(16)19-14)9-5-7-10(8-6-9)20(3,17)18/h5-8,15H,4H2,1-3H3/t14-/m1/s1. The SMILES string of the molecule is CC[C@@]1(C)OC(=O)C(O)=C1c1ccc(S(C)(=O)=O)cc1. The van der Waals surface area contributed by atoms with Gasteiger partial charge in [-0.1, -0.05) is 19.1 Å². The largest absolute Gasteiger partial charge is 0.502 e. The van der Waals surface area contributed by atoms with E-state index in [-0.39, 0.29) is 4.90 Å². The fourth-order valence-electron chi connectivity index (χ4n) is 2.22. The molecule has 0 aromatic heterocycles. The summed E-state index contributed by atoms with van der Waals surface area (Å²) in [6.07, 6.45) is 1.63. The van der Waals surface area contributed by atoms with E-state index in [1.54, 1.807) is 19.1 Å². The second-order valence-corrected chi connectivity index (χ2v) is 7.01. The average molecular weight is 296 g/mol. The van der Waals surface area contributed by atoms with Gasteiger partial charge in [-0.2, -0.15) is 0 Å². The normalized spacial score (nSPS) is 23.1. The third kappa shape index (κ3) is 2.31. The summed E-state index contributed by atoms with van der Waals surface area (Å²) >= 11 is 0. The lowest BCUT2D eigenvalue weighted by Gasteiger charge is -2.24. The van der Waals surface area contributed by atoms with Gasteiger partial charge < -0.3 is 9.84 Å². The number of carbonyl (C=O) groups excluding carboxylic acids is 1. The number of aliphatic hydroxyl groups excluding tert-OH is 1. The molecule has 1 heterocycles. The highest BCUT2D eigenvalue weighted by Gasteiger charge is 2.43. The highest BCUT2D eigenvalue weighted by molar-refractivity contribution is 7.90. The summed E-state index contributed by atoms with van der Waals surface area (Å²) in [6.45, 7) is 3.56. The van der Waals surface area contributed by atoms with Crippen LogP contribution in [0.1, 0.15) is 25.8 Å². The zero-order chi connectivity index (χ0) is 15.1. The molecule has 6 heteroatoms. The molecule has 1 aliphatic rings. The lowest BCUT2D eigenvalue weighted by atomic mass is 9.88. The number of sulfone groups is 1. The summed E-state index contributed by atoms with van der Waals surface area (Å²) in [5.41, 5.74) is 0.0727. The maximum Gasteiger partial charge on any atom is 0.374 e. The number of carbonyl (C=O) groups is 1. The van der Waals surface area contributed by atoms with Gasteiger partial charge in [0.25, 0.3) is 0 Å². The minimum absolute atomic E-state index is 0.185. The van der Waals surface area contributed by atoms with Crippen LogP contribution in [0.5, 0.6) is 0 Å². The van der Waals surface area contributed by atoms with E-state index in [1.807, 2.05) is 6.92 Å². The molecule has 0 amide bonds. The van der Waals surface area contributed by atoms with E-state index in [4.69, 9.17) is 4.74 Å². The Morgan fingerprint density at radius 2 is 1.80 bits per heavy atom. The van der Waals surface area contributed by atoms with Gasteiger partial charge in [0.05, 0.1) is 10.5 Å². The number of hydrogen-bond acceptors (Lipinski definition) is 5. The molecule has 20 heavy (non-hydrogen) atoms. The topological polar surface area (TPSA) is 80.7 Å². The molecule has 1 atom stereocenters. The molecule has 0 aliphatic carbocycles. The Kier molecular flexibility index (Phi) is 3.37. The lowest BCUT2D eigenvalue weighted by molar-refractivity contribution is -0.147. The van der Waals surface area contributed by atoms with Crippen molar-refractivity contribution in [1.29, 1.82) is 0 Å². The van der Waals surface area contributed by atoms with Crippen LogP contribution < -0.4 is 0 Å². The van der Waals surface area contributed by atoms with Crippen LogP contribution in [-0.4, -0.2) is 31.4 Å². The van der Waals surface area contributed by atoms with Crippen molar-refractivity contribution in [3.8, 4) is 0 Å². The van der Waals surface area contributed by atoms with E-state index >= 15 is 0 Å². The van der Waals surface area contributed by atoms with Crippen molar-refractivity contribution in [2.45, 2.75) is 30.8 Å². The van der Waals surface area contributed by atoms with Crippen LogP contribution in [0.15, 0.2) is 34.9 Å². The second kappa shape index (κ2) is 4.63. The van der Waals surface area contributed by atoms with Gasteiger partial charge in [0.15, 0.2) is 9.84 Å². The monoisotopic (exact) mass is 296 g/mol. The van der Waals surface area contributed by atoms with E-state index < -0.39 is 27.2 Å². The Morgan fingerprint density at radius 1 is 1.25 bits per heavy atom. The molecule has 0 bridgehead atoms. The third-order valence-electron chi connectivity index (χ3n) is 3.52. The van der Waals surface area contributed by atoms with Gasteiger partial charge in [0.2, 0.25) is 5.76 Å². The lowest BCUT2D eigenvalue weighted by Crippen LogP contribution is -2.26. The molecule has 2 rings (SSSR count). The summed E-state index contributed by atoms with van der Waals surface area (Å²) in [4.78, 5) is 11.7. The molecular formula is C14H16O5S. The zero-order valence-corrected chi connectivity index (χ0v) is 12.3. The molecule has 0 fully saturated rings. The van der Waals surface area contributed by atoms with Gasteiger partial charge in [-0.15, -0.1) is 0 Å². The third-order valence-corrected chi connectivity index (χ3v) is 4.65. The Labute approximate surface area is 117 Å². The summed E-state index contributed by atoms with van der Waals surface area (Å²) < 4.78 is 28.0. The molecule has 0 spiro atoms. The van der Waals surface area contributed by atoms with Gasteiger partial charge in [-0.25, -0.2) is 13.2 Å². The summed E-state index contributed by atoms with van der Waals surface area (Å²) in [5, 5.41) is 9.89. The van der Waals surface area contributed by atoms with E-state index in [0.717, 1.165) is 6.26 Å². The molecule has 0 unspecified atom stereocenters. The molecular weight excluding hydrogens is 280 g/mol. The Balaban J connectivity index is 2.53. The number of ether oxygens (including phenoxy) is 1. The number of rotatable bonds is 3. The minimum atomic E-state index is -3.28. The van der Waals surface area contributed by atoms with Gasteiger partial charge in [-0.3, -0.25) is 0 Å². The quantitative estimate of drug-likeness (QED) is 0.864. The first-order chi connectivity index (χ1) is 9.19. The smallest absolute Gasteiger partial charge is 0.374 e. The summed E-state index contributed by atoms with van der Waals surface area (Å²) in [7, 11) is -3.28. The van der Waals surface area contributed by atoms with Crippen molar-refractivity contribution in [3.05, 3.63) is 35.6 Å². The maximum absolute atomic E-state index is 11.5. The van der Waals surface area contributed by atoms with E-state index in [2.05, 4.69) is 0 Å². The number of esters is 1. The first-order valence-corrected chi connectivity index (χ1v) is 8.06. The first kappa shape index (κ1) is 14.6. The number of aliphatic hydroxyl groups is 1. The van der Waals surface area contributed by atoms with Crippen LogP contribution in [0, 0.1) is 0 Å².